The molecule has 3 N–H and O–H groups in total. The molecule has 2 aromatic carbocycles. The number of carbonyl (C=O) groups is 1. The summed E-state index contributed by atoms with van der Waals surface area (Å²) in [6, 6.07) is 21.3. The number of hydrogen-bond donors (Lipinski definition) is 3. The Morgan fingerprint density at radius 2 is 1.77 bits per heavy atom. The Kier molecular flexibility index (Phi) is 8.25. The number of amides is 1. The average molecular weight is 528 g/mol. The monoisotopic (exact) mass is 527 g/mol. The molecule has 0 atom stereocenters. The van der Waals surface area contributed by atoms with Gasteiger partial charge in [-0.15, -0.1) is 0 Å². The fourth-order valence-corrected chi connectivity index (χ4v) is 4.26. The summed E-state index contributed by atoms with van der Waals surface area (Å²) in [5.74, 6) is 2.07. The second-order valence-corrected chi connectivity index (χ2v) is 9.19. The Hall–Kier alpha value is -4.54. The Balaban J connectivity index is 1.10. The van der Waals surface area contributed by atoms with Gasteiger partial charge < -0.3 is 29.9 Å². The lowest BCUT2D eigenvalue weighted by atomic mass is 9.98. The van der Waals surface area contributed by atoms with E-state index in [0.29, 0.717) is 35.3 Å². The molecule has 10 nitrogen and oxygen atoms in total. The number of aromatic nitrogens is 3. The maximum absolute atomic E-state index is 12.7. The summed E-state index contributed by atoms with van der Waals surface area (Å²) in [5, 5.41) is 21.5. The van der Waals surface area contributed by atoms with Gasteiger partial charge in [-0.1, -0.05) is 30.3 Å². The number of benzene rings is 2. The van der Waals surface area contributed by atoms with E-state index in [1.165, 1.54) is 12.3 Å². The van der Waals surface area contributed by atoms with E-state index in [-0.39, 0.29) is 17.6 Å². The number of aliphatic hydroxyl groups is 2. The van der Waals surface area contributed by atoms with Crippen LogP contribution in [0.2, 0.25) is 0 Å². The molecule has 0 radical (unpaired) electrons. The molecule has 0 aliphatic carbocycles. The topological polar surface area (TPSA) is 130 Å². The predicted molar refractivity (Wildman–Crippen MR) is 145 cm³/mol. The van der Waals surface area contributed by atoms with Gasteiger partial charge in [-0.2, -0.15) is 4.98 Å². The third-order valence-electron chi connectivity index (χ3n) is 6.40. The zero-order valence-electron chi connectivity index (χ0n) is 21.2. The highest BCUT2D eigenvalue weighted by Gasteiger charge is 2.21. The van der Waals surface area contributed by atoms with Crippen LogP contribution >= 0.6 is 0 Å². The third kappa shape index (κ3) is 7.07. The van der Waals surface area contributed by atoms with Crippen molar-refractivity contribution in [2.75, 3.05) is 29.9 Å². The minimum Gasteiger partial charge on any atom is -0.493 e. The van der Waals surface area contributed by atoms with E-state index in [4.69, 9.17) is 9.47 Å². The summed E-state index contributed by atoms with van der Waals surface area (Å²) in [5.41, 5.74) is 1.15. The molecule has 1 amide bonds. The van der Waals surface area contributed by atoms with E-state index in [2.05, 4.69) is 25.2 Å². The number of ether oxygens (including phenoxy) is 2. The van der Waals surface area contributed by atoms with Gasteiger partial charge in [0.2, 0.25) is 0 Å². The lowest BCUT2D eigenvalue weighted by Gasteiger charge is -2.32. The Morgan fingerprint density at radius 3 is 2.51 bits per heavy atom. The Morgan fingerprint density at radius 1 is 0.974 bits per heavy atom. The molecule has 0 saturated carbocycles. The third-order valence-corrected chi connectivity index (χ3v) is 6.40. The summed E-state index contributed by atoms with van der Waals surface area (Å²) in [4.78, 5) is 27.8. The molecule has 0 bridgehead atoms. The van der Waals surface area contributed by atoms with Crippen molar-refractivity contribution in [2.24, 2.45) is 5.92 Å². The first-order valence-corrected chi connectivity index (χ1v) is 12.7. The molecule has 1 saturated heterocycles. The van der Waals surface area contributed by atoms with Crippen LogP contribution < -0.4 is 19.7 Å². The molecule has 200 valence electrons. The number of piperidine rings is 1. The number of nitrogens with zero attached hydrogens (tertiary/aromatic N) is 4. The first kappa shape index (κ1) is 26.1. The first-order valence-electron chi connectivity index (χ1n) is 12.7. The van der Waals surface area contributed by atoms with Gasteiger partial charge in [0.25, 0.3) is 5.91 Å². The number of pyridine rings is 1. The van der Waals surface area contributed by atoms with Crippen LogP contribution in [0.3, 0.4) is 0 Å². The quantitative estimate of drug-likeness (QED) is 0.274. The standard InChI is InChI=1S/C29H29N5O5/c35-27(25-11-14-30-29(33-25)39-23-6-2-1-3-7-23)32-22-9-10-26(31-18-22)34-15-12-20(13-16-34)19-38-24-8-4-5-21(17-24)28(36)37/h1-11,14,17-18,20,28,36-37H,12-13,15-16,19H2,(H,32,35). The molecule has 5 rings (SSSR count). The SMILES string of the molecule is O=C(Nc1ccc(N2CCC(COc3cccc(C(O)O)c3)CC2)nc1)c1ccnc(Oc2ccccc2)n1. The van der Waals surface area contributed by atoms with Gasteiger partial charge in [0.1, 0.15) is 23.0 Å². The fourth-order valence-electron chi connectivity index (χ4n) is 4.26. The van der Waals surface area contributed by atoms with Crippen LogP contribution in [-0.2, 0) is 0 Å². The van der Waals surface area contributed by atoms with Crippen molar-refractivity contribution < 1.29 is 24.5 Å². The van der Waals surface area contributed by atoms with Crippen molar-refractivity contribution in [3.63, 3.8) is 0 Å². The van der Waals surface area contributed by atoms with Crippen LogP contribution in [0.15, 0.2) is 85.2 Å². The van der Waals surface area contributed by atoms with Gasteiger partial charge in [0, 0.05) is 24.8 Å². The van der Waals surface area contributed by atoms with E-state index in [1.54, 1.807) is 36.5 Å². The van der Waals surface area contributed by atoms with Crippen molar-refractivity contribution in [1.82, 2.24) is 15.0 Å². The van der Waals surface area contributed by atoms with Crippen molar-refractivity contribution in [3.05, 3.63) is 96.4 Å². The number of hydrogen-bond acceptors (Lipinski definition) is 9. The van der Waals surface area contributed by atoms with E-state index in [0.717, 1.165) is 31.7 Å². The highest BCUT2D eigenvalue weighted by molar-refractivity contribution is 6.02. The zero-order chi connectivity index (χ0) is 27.0. The van der Waals surface area contributed by atoms with Crippen LogP contribution in [0.4, 0.5) is 11.5 Å². The van der Waals surface area contributed by atoms with Crippen LogP contribution in [0, 0.1) is 5.92 Å². The molecular weight excluding hydrogens is 498 g/mol. The lowest BCUT2D eigenvalue weighted by Crippen LogP contribution is -2.36. The minimum atomic E-state index is -1.51. The summed E-state index contributed by atoms with van der Waals surface area (Å²) < 4.78 is 11.5. The minimum absolute atomic E-state index is 0.0913. The second-order valence-electron chi connectivity index (χ2n) is 9.19. The largest absolute Gasteiger partial charge is 0.493 e. The normalized spacial score (nSPS) is 13.8. The molecule has 2 aromatic heterocycles. The molecule has 1 fully saturated rings. The summed E-state index contributed by atoms with van der Waals surface area (Å²) in [6.07, 6.45) is 3.50. The number of anilines is 2. The van der Waals surface area contributed by atoms with Gasteiger partial charge in [-0.3, -0.25) is 4.79 Å². The molecule has 1 aliphatic heterocycles. The van der Waals surface area contributed by atoms with E-state index >= 15 is 0 Å². The molecule has 39 heavy (non-hydrogen) atoms. The van der Waals surface area contributed by atoms with Crippen molar-refractivity contribution in [3.8, 4) is 17.5 Å². The van der Waals surface area contributed by atoms with Gasteiger partial charge >= 0.3 is 6.01 Å². The molecule has 4 aromatic rings. The fraction of sp³-hybridized carbons (Fsp3) is 0.241. The van der Waals surface area contributed by atoms with Gasteiger partial charge in [-0.05, 0) is 61.2 Å². The van der Waals surface area contributed by atoms with E-state index in [9.17, 15) is 15.0 Å². The Labute approximate surface area is 225 Å². The number of nitrogens with one attached hydrogen (secondary N) is 1. The summed E-state index contributed by atoms with van der Waals surface area (Å²) >= 11 is 0. The predicted octanol–water partition coefficient (Wildman–Crippen LogP) is 4.19. The van der Waals surface area contributed by atoms with Gasteiger partial charge in [0.05, 0.1) is 18.5 Å². The maximum atomic E-state index is 12.7. The van der Waals surface area contributed by atoms with E-state index < -0.39 is 6.29 Å². The van der Waals surface area contributed by atoms with Crippen molar-refractivity contribution >= 4 is 17.4 Å². The van der Waals surface area contributed by atoms with Gasteiger partial charge in [0.15, 0.2) is 6.29 Å². The molecule has 0 unspecified atom stereocenters. The van der Waals surface area contributed by atoms with E-state index in [1.807, 2.05) is 36.4 Å². The van der Waals surface area contributed by atoms with Crippen LogP contribution in [0.5, 0.6) is 17.5 Å². The molecule has 3 heterocycles. The van der Waals surface area contributed by atoms with Crippen molar-refractivity contribution in [1.29, 1.82) is 0 Å². The van der Waals surface area contributed by atoms with Crippen LogP contribution in [0.1, 0.15) is 35.2 Å². The lowest BCUT2D eigenvalue weighted by molar-refractivity contribution is -0.0426. The molecule has 10 heteroatoms. The highest BCUT2D eigenvalue weighted by Crippen LogP contribution is 2.25. The number of aliphatic hydroxyl groups excluding tert-OH is 1. The summed E-state index contributed by atoms with van der Waals surface area (Å²) in [7, 11) is 0. The number of rotatable bonds is 9. The average Bonchev–Trinajstić information content (AvgIpc) is 2.97. The second kappa shape index (κ2) is 12.3. The number of carbonyl (C=O) groups excluding carboxylic acids is 1. The smallest absolute Gasteiger partial charge is 0.322 e. The first-order chi connectivity index (χ1) is 19.0. The molecule has 1 aliphatic rings. The molecule has 0 spiro atoms. The summed E-state index contributed by atoms with van der Waals surface area (Å²) in [6.45, 7) is 2.25. The highest BCUT2D eigenvalue weighted by atomic mass is 16.5. The van der Waals surface area contributed by atoms with Gasteiger partial charge in [-0.25, -0.2) is 9.97 Å². The maximum Gasteiger partial charge on any atom is 0.322 e. The zero-order valence-corrected chi connectivity index (χ0v) is 21.2. The number of para-hydroxylation sites is 1. The molecular formula is C29H29N5O5. The van der Waals surface area contributed by atoms with Crippen LogP contribution in [-0.4, -0.2) is 50.8 Å². The van der Waals surface area contributed by atoms with Crippen LogP contribution in [0.25, 0.3) is 0 Å². The Bertz CT molecular complexity index is 1380. The van der Waals surface area contributed by atoms with Crippen molar-refractivity contribution in [2.45, 2.75) is 19.1 Å².